The van der Waals surface area contributed by atoms with Gasteiger partial charge < -0.3 is 15.0 Å². The van der Waals surface area contributed by atoms with E-state index in [1.54, 1.807) is 6.07 Å². The molecule has 0 unspecified atom stereocenters. The Hall–Kier alpha value is -2.46. The van der Waals surface area contributed by atoms with Crippen molar-refractivity contribution in [1.29, 1.82) is 0 Å². The molecule has 0 spiro atoms. The number of rotatable bonds is 8. The Morgan fingerprint density at radius 1 is 1.06 bits per heavy atom. The summed E-state index contributed by atoms with van der Waals surface area (Å²) in [5, 5.41) is 2.89. The van der Waals surface area contributed by atoms with E-state index in [2.05, 4.69) is 34.3 Å². The van der Waals surface area contributed by atoms with Crippen molar-refractivity contribution >= 4 is 15.9 Å². The van der Waals surface area contributed by atoms with Crippen LogP contribution in [0.2, 0.25) is 0 Å². The fourth-order valence-electron chi connectivity index (χ4n) is 3.60. The van der Waals surface area contributed by atoms with Crippen molar-refractivity contribution in [3.05, 3.63) is 59.2 Å². The van der Waals surface area contributed by atoms with Crippen LogP contribution in [0.3, 0.4) is 0 Å². The molecule has 0 aliphatic carbocycles. The molecule has 3 rings (SSSR count). The monoisotopic (exact) mass is 460 g/mol. The quantitative estimate of drug-likeness (QED) is 0.645. The molecule has 2 aromatic rings. The SMILES string of the molecule is COc1ccc(C(=O)NCc2cccc(CN3CCN(C)CC3)c2)cc1S(=O)(=O)N(C)C. The summed E-state index contributed by atoms with van der Waals surface area (Å²) in [6.45, 7) is 5.49. The normalized spacial score (nSPS) is 15.7. The van der Waals surface area contributed by atoms with E-state index >= 15 is 0 Å². The molecule has 1 saturated heterocycles. The van der Waals surface area contributed by atoms with Crippen molar-refractivity contribution in [2.45, 2.75) is 18.0 Å². The van der Waals surface area contributed by atoms with Crippen molar-refractivity contribution < 1.29 is 17.9 Å². The van der Waals surface area contributed by atoms with Crippen LogP contribution in [0.25, 0.3) is 0 Å². The molecule has 0 saturated carbocycles. The molecule has 32 heavy (non-hydrogen) atoms. The topological polar surface area (TPSA) is 82.2 Å². The zero-order chi connectivity index (χ0) is 23.3. The van der Waals surface area contributed by atoms with Gasteiger partial charge in [-0.15, -0.1) is 0 Å². The van der Waals surface area contributed by atoms with E-state index in [-0.39, 0.29) is 22.1 Å². The predicted octanol–water partition coefficient (Wildman–Crippen LogP) is 1.62. The summed E-state index contributed by atoms with van der Waals surface area (Å²) in [6, 6.07) is 12.6. The standard InChI is InChI=1S/C23H32N4O4S/c1-25(2)32(29,30)22-15-20(8-9-21(22)31-4)23(28)24-16-18-6-5-7-19(14-18)17-27-12-10-26(3)11-13-27/h5-9,14-15H,10-13,16-17H2,1-4H3,(H,24,28). The van der Waals surface area contributed by atoms with Gasteiger partial charge in [0.15, 0.2) is 0 Å². The molecule has 1 aliphatic heterocycles. The van der Waals surface area contributed by atoms with Crippen LogP contribution in [-0.4, -0.2) is 82.9 Å². The third-order valence-electron chi connectivity index (χ3n) is 5.63. The largest absolute Gasteiger partial charge is 0.495 e. The van der Waals surface area contributed by atoms with E-state index in [1.807, 2.05) is 12.1 Å². The van der Waals surface area contributed by atoms with Gasteiger partial charge in [0, 0.05) is 58.9 Å². The number of nitrogens with one attached hydrogen (secondary N) is 1. The van der Waals surface area contributed by atoms with Gasteiger partial charge in [0.05, 0.1) is 7.11 Å². The molecule has 174 valence electrons. The average molecular weight is 461 g/mol. The van der Waals surface area contributed by atoms with Gasteiger partial charge >= 0.3 is 0 Å². The van der Waals surface area contributed by atoms with E-state index in [0.29, 0.717) is 6.54 Å². The maximum atomic E-state index is 12.7. The van der Waals surface area contributed by atoms with E-state index in [4.69, 9.17) is 4.74 Å². The van der Waals surface area contributed by atoms with Crippen molar-refractivity contribution in [2.75, 3.05) is 54.4 Å². The number of hydrogen-bond acceptors (Lipinski definition) is 6. The van der Waals surface area contributed by atoms with Gasteiger partial charge in [0.1, 0.15) is 10.6 Å². The van der Waals surface area contributed by atoms with E-state index < -0.39 is 10.0 Å². The molecule has 0 bridgehead atoms. The number of hydrogen-bond donors (Lipinski definition) is 1. The summed E-state index contributed by atoms with van der Waals surface area (Å²) in [5.41, 5.74) is 2.48. The van der Waals surface area contributed by atoms with Crippen LogP contribution in [0.15, 0.2) is 47.4 Å². The lowest BCUT2D eigenvalue weighted by Crippen LogP contribution is -2.43. The lowest BCUT2D eigenvalue weighted by Gasteiger charge is -2.32. The number of sulfonamides is 1. The highest BCUT2D eigenvalue weighted by Gasteiger charge is 2.24. The van der Waals surface area contributed by atoms with Gasteiger partial charge in [-0.1, -0.05) is 24.3 Å². The van der Waals surface area contributed by atoms with Gasteiger partial charge in [0.25, 0.3) is 5.91 Å². The average Bonchev–Trinajstić information content (AvgIpc) is 2.78. The van der Waals surface area contributed by atoms with Gasteiger partial charge in [-0.25, -0.2) is 12.7 Å². The second-order valence-electron chi connectivity index (χ2n) is 8.24. The lowest BCUT2D eigenvalue weighted by atomic mass is 10.1. The van der Waals surface area contributed by atoms with E-state index in [0.717, 1.165) is 42.6 Å². The Bertz CT molecular complexity index is 1050. The fraction of sp³-hybridized carbons (Fsp3) is 0.435. The summed E-state index contributed by atoms with van der Waals surface area (Å²) >= 11 is 0. The molecule has 1 fully saturated rings. The van der Waals surface area contributed by atoms with Crippen molar-refractivity contribution in [2.24, 2.45) is 0 Å². The van der Waals surface area contributed by atoms with E-state index in [1.165, 1.54) is 38.9 Å². The predicted molar refractivity (Wildman–Crippen MR) is 124 cm³/mol. The number of carbonyl (C=O) groups is 1. The smallest absolute Gasteiger partial charge is 0.251 e. The van der Waals surface area contributed by atoms with Crippen LogP contribution >= 0.6 is 0 Å². The van der Waals surface area contributed by atoms with Gasteiger partial charge in [0.2, 0.25) is 10.0 Å². The van der Waals surface area contributed by atoms with Crippen molar-refractivity contribution in [3.8, 4) is 5.75 Å². The Labute approximate surface area is 190 Å². The number of carbonyl (C=O) groups excluding carboxylic acids is 1. The minimum atomic E-state index is -3.75. The van der Waals surface area contributed by atoms with Gasteiger partial charge in [-0.05, 0) is 36.4 Å². The summed E-state index contributed by atoms with van der Waals surface area (Å²) in [6.07, 6.45) is 0. The highest BCUT2D eigenvalue weighted by atomic mass is 32.2. The Kier molecular flexibility index (Phi) is 7.89. The molecule has 1 amide bonds. The molecule has 9 heteroatoms. The first-order chi connectivity index (χ1) is 15.2. The van der Waals surface area contributed by atoms with Gasteiger partial charge in [-0.2, -0.15) is 0 Å². The number of amides is 1. The number of likely N-dealkylation sites (N-methyl/N-ethyl adjacent to an activating group) is 1. The first-order valence-corrected chi connectivity index (χ1v) is 12.0. The van der Waals surface area contributed by atoms with Crippen LogP contribution < -0.4 is 10.1 Å². The first-order valence-electron chi connectivity index (χ1n) is 10.6. The molecule has 0 atom stereocenters. The molecule has 1 heterocycles. The maximum absolute atomic E-state index is 12.7. The maximum Gasteiger partial charge on any atom is 0.251 e. The number of ether oxygens (including phenoxy) is 1. The summed E-state index contributed by atoms with van der Waals surface area (Å²) in [7, 11) is 2.68. The minimum absolute atomic E-state index is 0.0353. The Morgan fingerprint density at radius 2 is 1.75 bits per heavy atom. The molecule has 2 aromatic carbocycles. The molecule has 1 aliphatic rings. The van der Waals surface area contributed by atoms with Crippen LogP contribution in [0, 0.1) is 0 Å². The highest BCUT2D eigenvalue weighted by molar-refractivity contribution is 7.89. The van der Waals surface area contributed by atoms with Crippen LogP contribution in [0.4, 0.5) is 0 Å². The summed E-state index contributed by atoms with van der Waals surface area (Å²) in [4.78, 5) is 17.5. The summed E-state index contributed by atoms with van der Waals surface area (Å²) < 4.78 is 31.5. The molecular weight excluding hydrogens is 428 g/mol. The number of piperazine rings is 1. The minimum Gasteiger partial charge on any atom is -0.495 e. The zero-order valence-electron chi connectivity index (χ0n) is 19.2. The second kappa shape index (κ2) is 10.4. The number of benzene rings is 2. The lowest BCUT2D eigenvalue weighted by molar-refractivity contribution is 0.0950. The third-order valence-corrected chi connectivity index (χ3v) is 7.47. The fourth-order valence-corrected chi connectivity index (χ4v) is 4.68. The molecule has 1 N–H and O–H groups in total. The third kappa shape index (κ3) is 5.86. The zero-order valence-corrected chi connectivity index (χ0v) is 20.0. The molecule has 0 aromatic heterocycles. The first kappa shape index (κ1) is 24.2. The van der Waals surface area contributed by atoms with Crippen LogP contribution in [-0.2, 0) is 23.1 Å². The van der Waals surface area contributed by atoms with Crippen LogP contribution in [0.5, 0.6) is 5.75 Å². The Balaban J connectivity index is 1.67. The molecule has 0 radical (unpaired) electrons. The van der Waals surface area contributed by atoms with Gasteiger partial charge in [-0.3, -0.25) is 9.69 Å². The second-order valence-corrected chi connectivity index (χ2v) is 10.4. The highest BCUT2D eigenvalue weighted by Crippen LogP contribution is 2.27. The van der Waals surface area contributed by atoms with Crippen molar-refractivity contribution in [1.82, 2.24) is 19.4 Å². The summed E-state index contributed by atoms with van der Waals surface area (Å²) in [5.74, 6) is -0.140. The van der Waals surface area contributed by atoms with E-state index in [9.17, 15) is 13.2 Å². The molecule has 8 nitrogen and oxygen atoms in total. The number of nitrogens with zero attached hydrogens (tertiary/aromatic N) is 3. The molecular formula is C23H32N4O4S. The van der Waals surface area contributed by atoms with Crippen molar-refractivity contribution in [3.63, 3.8) is 0 Å². The van der Waals surface area contributed by atoms with Crippen LogP contribution in [0.1, 0.15) is 21.5 Å². The Morgan fingerprint density at radius 3 is 2.41 bits per heavy atom. The number of methoxy groups -OCH3 is 1.